The van der Waals surface area contributed by atoms with Crippen molar-refractivity contribution >= 4 is 11.6 Å². The van der Waals surface area contributed by atoms with Crippen LogP contribution in [-0.2, 0) is 6.54 Å². The van der Waals surface area contributed by atoms with Crippen molar-refractivity contribution in [2.45, 2.75) is 13.5 Å². The Labute approximate surface area is 122 Å². The van der Waals surface area contributed by atoms with Crippen molar-refractivity contribution in [2.75, 3.05) is 11.9 Å². The maximum Gasteiger partial charge on any atom is 0.258 e. The van der Waals surface area contributed by atoms with Crippen molar-refractivity contribution in [1.29, 1.82) is 0 Å². The highest BCUT2D eigenvalue weighted by Gasteiger charge is 2.12. The molecule has 0 saturated carbocycles. The van der Waals surface area contributed by atoms with Crippen LogP contribution in [0.15, 0.2) is 42.5 Å². The summed E-state index contributed by atoms with van der Waals surface area (Å²) in [6, 6.07) is 10.1. The SMILES string of the molecule is CCNCc1cccc(NC(=O)c2ccc(F)cc2F)c1. The van der Waals surface area contributed by atoms with Gasteiger partial charge < -0.3 is 10.6 Å². The van der Waals surface area contributed by atoms with Gasteiger partial charge in [-0.05, 0) is 36.4 Å². The van der Waals surface area contributed by atoms with Crippen molar-refractivity contribution in [3.8, 4) is 0 Å². The molecule has 2 aromatic carbocycles. The van der Waals surface area contributed by atoms with Crippen LogP contribution in [0.25, 0.3) is 0 Å². The Balaban J connectivity index is 2.12. The third-order valence-electron chi connectivity index (χ3n) is 2.94. The summed E-state index contributed by atoms with van der Waals surface area (Å²) in [6.07, 6.45) is 0. The fraction of sp³-hybridized carbons (Fsp3) is 0.188. The lowest BCUT2D eigenvalue weighted by Gasteiger charge is -2.08. The predicted octanol–water partition coefficient (Wildman–Crippen LogP) is 3.33. The fourth-order valence-electron chi connectivity index (χ4n) is 1.90. The first-order chi connectivity index (χ1) is 10.1. The molecular formula is C16H16F2N2O. The molecule has 2 rings (SSSR count). The second-order valence-electron chi connectivity index (χ2n) is 4.56. The van der Waals surface area contributed by atoms with E-state index in [1.54, 1.807) is 6.07 Å². The van der Waals surface area contributed by atoms with Crippen LogP contribution in [0.1, 0.15) is 22.8 Å². The highest BCUT2D eigenvalue weighted by Crippen LogP contribution is 2.15. The molecule has 110 valence electrons. The minimum atomic E-state index is -0.878. The highest BCUT2D eigenvalue weighted by molar-refractivity contribution is 6.04. The molecule has 0 saturated heterocycles. The van der Waals surface area contributed by atoms with Crippen LogP contribution < -0.4 is 10.6 Å². The molecule has 1 amide bonds. The Hall–Kier alpha value is -2.27. The van der Waals surface area contributed by atoms with Crippen LogP contribution in [0.3, 0.4) is 0 Å². The number of hydrogen-bond donors (Lipinski definition) is 2. The van der Waals surface area contributed by atoms with Gasteiger partial charge in [-0.3, -0.25) is 4.79 Å². The Bertz CT molecular complexity index is 644. The summed E-state index contributed by atoms with van der Waals surface area (Å²) in [5.41, 5.74) is 1.39. The number of amides is 1. The maximum absolute atomic E-state index is 13.5. The Morgan fingerprint density at radius 1 is 1.14 bits per heavy atom. The molecule has 0 aliphatic carbocycles. The second-order valence-corrected chi connectivity index (χ2v) is 4.56. The number of benzene rings is 2. The van der Waals surface area contributed by atoms with Gasteiger partial charge in [-0.25, -0.2) is 8.78 Å². The first-order valence-electron chi connectivity index (χ1n) is 6.66. The van der Waals surface area contributed by atoms with E-state index in [0.29, 0.717) is 18.3 Å². The summed E-state index contributed by atoms with van der Waals surface area (Å²) in [6.45, 7) is 3.53. The molecule has 0 heterocycles. The molecule has 0 spiro atoms. The van der Waals surface area contributed by atoms with Gasteiger partial charge in [-0.1, -0.05) is 19.1 Å². The van der Waals surface area contributed by atoms with Crippen molar-refractivity contribution in [3.05, 3.63) is 65.2 Å². The molecular weight excluding hydrogens is 274 g/mol. The van der Waals surface area contributed by atoms with E-state index < -0.39 is 17.5 Å². The number of rotatable bonds is 5. The van der Waals surface area contributed by atoms with Crippen molar-refractivity contribution < 1.29 is 13.6 Å². The van der Waals surface area contributed by atoms with Gasteiger partial charge in [0.05, 0.1) is 5.56 Å². The van der Waals surface area contributed by atoms with E-state index in [0.717, 1.165) is 24.2 Å². The summed E-state index contributed by atoms with van der Waals surface area (Å²) >= 11 is 0. The van der Waals surface area contributed by atoms with Gasteiger partial charge in [0.15, 0.2) is 0 Å². The van der Waals surface area contributed by atoms with Gasteiger partial charge in [-0.2, -0.15) is 0 Å². The summed E-state index contributed by atoms with van der Waals surface area (Å²) in [5, 5.41) is 5.78. The summed E-state index contributed by atoms with van der Waals surface area (Å²) in [5.74, 6) is -2.19. The topological polar surface area (TPSA) is 41.1 Å². The number of carbonyl (C=O) groups excluding carboxylic acids is 1. The minimum Gasteiger partial charge on any atom is -0.322 e. The van der Waals surface area contributed by atoms with Gasteiger partial charge >= 0.3 is 0 Å². The third-order valence-corrected chi connectivity index (χ3v) is 2.94. The van der Waals surface area contributed by atoms with Crippen molar-refractivity contribution in [1.82, 2.24) is 5.32 Å². The van der Waals surface area contributed by atoms with Crippen LogP contribution in [0, 0.1) is 11.6 Å². The van der Waals surface area contributed by atoms with Gasteiger partial charge in [0.25, 0.3) is 5.91 Å². The zero-order chi connectivity index (χ0) is 15.2. The zero-order valence-electron chi connectivity index (χ0n) is 11.6. The number of carbonyl (C=O) groups is 1. The highest BCUT2D eigenvalue weighted by atomic mass is 19.1. The van der Waals surface area contributed by atoms with E-state index >= 15 is 0 Å². The molecule has 0 bridgehead atoms. The Kier molecular flexibility index (Phi) is 5.00. The minimum absolute atomic E-state index is 0.187. The number of hydrogen-bond acceptors (Lipinski definition) is 2. The normalized spacial score (nSPS) is 10.4. The molecule has 21 heavy (non-hydrogen) atoms. The van der Waals surface area contributed by atoms with Crippen LogP contribution >= 0.6 is 0 Å². The van der Waals surface area contributed by atoms with E-state index in [9.17, 15) is 13.6 Å². The standard InChI is InChI=1S/C16H16F2N2O/c1-2-19-10-11-4-3-5-13(8-11)20-16(21)14-7-6-12(17)9-15(14)18/h3-9,19H,2,10H2,1H3,(H,20,21). The first kappa shape index (κ1) is 15.1. The molecule has 2 aromatic rings. The van der Waals surface area contributed by atoms with Crippen molar-refractivity contribution in [3.63, 3.8) is 0 Å². The molecule has 0 fully saturated rings. The van der Waals surface area contributed by atoms with E-state index in [2.05, 4.69) is 10.6 Å². The quantitative estimate of drug-likeness (QED) is 0.887. The summed E-state index contributed by atoms with van der Waals surface area (Å²) in [4.78, 5) is 12.0. The van der Waals surface area contributed by atoms with Gasteiger partial charge in [0.1, 0.15) is 11.6 Å². The smallest absolute Gasteiger partial charge is 0.258 e. The maximum atomic E-state index is 13.5. The molecule has 0 unspecified atom stereocenters. The molecule has 2 N–H and O–H groups in total. The first-order valence-corrected chi connectivity index (χ1v) is 6.66. The van der Waals surface area contributed by atoms with Crippen molar-refractivity contribution in [2.24, 2.45) is 0 Å². The van der Waals surface area contributed by atoms with Gasteiger partial charge in [0.2, 0.25) is 0 Å². The van der Waals surface area contributed by atoms with Gasteiger partial charge in [0, 0.05) is 18.3 Å². The number of anilines is 1. The molecule has 0 atom stereocenters. The lowest BCUT2D eigenvalue weighted by molar-refractivity contribution is 0.102. The van der Waals surface area contributed by atoms with Crippen LogP contribution in [0.5, 0.6) is 0 Å². The van der Waals surface area contributed by atoms with Gasteiger partial charge in [-0.15, -0.1) is 0 Å². The number of halogens is 2. The summed E-state index contributed by atoms with van der Waals surface area (Å²) < 4.78 is 26.4. The van der Waals surface area contributed by atoms with E-state index in [4.69, 9.17) is 0 Å². The second kappa shape index (κ2) is 6.95. The monoisotopic (exact) mass is 290 g/mol. The van der Waals surface area contributed by atoms with E-state index in [1.165, 1.54) is 0 Å². The fourth-order valence-corrected chi connectivity index (χ4v) is 1.90. The molecule has 0 aromatic heterocycles. The van der Waals surface area contributed by atoms with E-state index in [-0.39, 0.29) is 5.56 Å². The molecule has 3 nitrogen and oxygen atoms in total. The average Bonchev–Trinajstić information content (AvgIpc) is 2.45. The zero-order valence-corrected chi connectivity index (χ0v) is 11.6. The average molecular weight is 290 g/mol. The molecule has 0 aliphatic heterocycles. The lowest BCUT2D eigenvalue weighted by atomic mass is 10.1. The lowest BCUT2D eigenvalue weighted by Crippen LogP contribution is -2.15. The predicted molar refractivity (Wildman–Crippen MR) is 78.1 cm³/mol. The Morgan fingerprint density at radius 2 is 1.95 bits per heavy atom. The third kappa shape index (κ3) is 4.10. The van der Waals surface area contributed by atoms with Crippen LogP contribution in [0.2, 0.25) is 0 Å². The number of nitrogens with one attached hydrogen (secondary N) is 2. The van der Waals surface area contributed by atoms with Crippen LogP contribution in [-0.4, -0.2) is 12.5 Å². The molecule has 0 aliphatic rings. The van der Waals surface area contributed by atoms with Crippen LogP contribution in [0.4, 0.5) is 14.5 Å². The largest absolute Gasteiger partial charge is 0.322 e. The molecule has 5 heteroatoms. The Morgan fingerprint density at radius 3 is 2.67 bits per heavy atom. The van der Waals surface area contributed by atoms with E-state index in [1.807, 2.05) is 25.1 Å². The summed E-state index contributed by atoms with van der Waals surface area (Å²) in [7, 11) is 0. The molecule has 0 radical (unpaired) electrons.